The smallest absolute Gasteiger partial charge is 0.308 e. The molecule has 3 rings (SSSR count). The molecular weight excluding hydrogens is 280 g/mol. The summed E-state index contributed by atoms with van der Waals surface area (Å²) >= 11 is 0. The number of carboxylic acids is 1. The first-order valence-corrected chi connectivity index (χ1v) is 7.98. The standard InChI is InChI=1S/C17H22N2O3/c20-16-10-14(17(21)22)12-19(16)15-6-4-13(5-7-15)11-18-8-2-1-3-9-18/h4-7,14H,1-3,8-12H2,(H,21,22). The molecule has 1 aromatic carbocycles. The summed E-state index contributed by atoms with van der Waals surface area (Å²) in [6, 6.07) is 7.96. The molecule has 5 nitrogen and oxygen atoms in total. The van der Waals surface area contributed by atoms with Crippen molar-refractivity contribution >= 4 is 17.6 Å². The van der Waals surface area contributed by atoms with Gasteiger partial charge in [0.1, 0.15) is 0 Å². The predicted molar refractivity (Wildman–Crippen MR) is 83.7 cm³/mol. The zero-order valence-corrected chi connectivity index (χ0v) is 12.7. The van der Waals surface area contributed by atoms with E-state index >= 15 is 0 Å². The Morgan fingerprint density at radius 2 is 1.82 bits per heavy atom. The highest BCUT2D eigenvalue weighted by atomic mass is 16.4. The lowest BCUT2D eigenvalue weighted by Gasteiger charge is -2.26. The third-order valence-electron chi connectivity index (χ3n) is 4.58. The summed E-state index contributed by atoms with van der Waals surface area (Å²) in [6.07, 6.45) is 3.98. The van der Waals surface area contributed by atoms with Gasteiger partial charge in [-0.25, -0.2) is 0 Å². The highest BCUT2D eigenvalue weighted by molar-refractivity contribution is 5.99. The van der Waals surface area contributed by atoms with E-state index in [1.807, 2.05) is 24.3 Å². The molecule has 0 bridgehead atoms. The molecular formula is C17H22N2O3. The zero-order chi connectivity index (χ0) is 15.5. The molecule has 1 amide bonds. The topological polar surface area (TPSA) is 60.9 Å². The molecule has 118 valence electrons. The number of carbonyl (C=O) groups is 2. The highest BCUT2D eigenvalue weighted by Gasteiger charge is 2.34. The summed E-state index contributed by atoms with van der Waals surface area (Å²) in [5.41, 5.74) is 2.04. The Labute approximate surface area is 130 Å². The van der Waals surface area contributed by atoms with Gasteiger partial charge in [-0.2, -0.15) is 0 Å². The summed E-state index contributed by atoms with van der Waals surface area (Å²) in [5.74, 6) is -1.57. The van der Waals surface area contributed by atoms with Crippen molar-refractivity contribution in [3.05, 3.63) is 29.8 Å². The van der Waals surface area contributed by atoms with E-state index in [1.54, 1.807) is 4.90 Å². The number of nitrogens with zero attached hydrogens (tertiary/aromatic N) is 2. The number of amides is 1. The fourth-order valence-corrected chi connectivity index (χ4v) is 3.28. The third kappa shape index (κ3) is 3.30. The van der Waals surface area contributed by atoms with Crippen molar-refractivity contribution in [3.8, 4) is 0 Å². The fraction of sp³-hybridized carbons (Fsp3) is 0.529. The van der Waals surface area contributed by atoms with Crippen LogP contribution in [0.25, 0.3) is 0 Å². The maximum Gasteiger partial charge on any atom is 0.308 e. The minimum Gasteiger partial charge on any atom is -0.481 e. The van der Waals surface area contributed by atoms with Gasteiger partial charge in [0.25, 0.3) is 0 Å². The Bertz CT molecular complexity index is 550. The summed E-state index contributed by atoms with van der Waals surface area (Å²) in [7, 11) is 0. The fourth-order valence-electron chi connectivity index (χ4n) is 3.28. The van der Waals surface area contributed by atoms with Crippen LogP contribution < -0.4 is 4.90 Å². The van der Waals surface area contributed by atoms with E-state index in [0.29, 0.717) is 0 Å². The van der Waals surface area contributed by atoms with Crippen molar-refractivity contribution in [2.45, 2.75) is 32.2 Å². The van der Waals surface area contributed by atoms with Gasteiger partial charge in [0.15, 0.2) is 0 Å². The molecule has 5 heteroatoms. The van der Waals surface area contributed by atoms with Crippen LogP contribution in [0.2, 0.25) is 0 Å². The van der Waals surface area contributed by atoms with E-state index in [2.05, 4.69) is 4.90 Å². The van der Waals surface area contributed by atoms with Gasteiger partial charge in [-0.1, -0.05) is 18.6 Å². The molecule has 0 aliphatic carbocycles. The molecule has 0 radical (unpaired) electrons. The number of anilines is 1. The SMILES string of the molecule is O=C(O)C1CC(=O)N(c2ccc(CN3CCCCC3)cc2)C1. The van der Waals surface area contributed by atoms with Gasteiger partial charge in [-0.3, -0.25) is 14.5 Å². The van der Waals surface area contributed by atoms with Crippen LogP contribution in [0.1, 0.15) is 31.2 Å². The molecule has 1 aromatic rings. The molecule has 1 unspecified atom stereocenters. The molecule has 0 saturated carbocycles. The van der Waals surface area contributed by atoms with E-state index < -0.39 is 11.9 Å². The van der Waals surface area contributed by atoms with Gasteiger partial charge in [-0.05, 0) is 43.6 Å². The van der Waals surface area contributed by atoms with Crippen LogP contribution in [-0.4, -0.2) is 41.5 Å². The van der Waals surface area contributed by atoms with E-state index in [-0.39, 0.29) is 18.9 Å². The quantitative estimate of drug-likeness (QED) is 0.925. The van der Waals surface area contributed by atoms with Crippen LogP contribution in [0.15, 0.2) is 24.3 Å². The van der Waals surface area contributed by atoms with Gasteiger partial charge in [-0.15, -0.1) is 0 Å². The van der Waals surface area contributed by atoms with E-state index in [1.165, 1.54) is 24.8 Å². The number of piperidine rings is 1. The molecule has 2 aliphatic heterocycles. The number of carboxylic acid groups (broad SMARTS) is 1. The number of carbonyl (C=O) groups excluding carboxylic acids is 1. The zero-order valence-electron chi connectivity index (χ0n) is 12.7. The summed E-state index contributed by atoms with van der Waals surface area (Å²) in [4.78, 5) is 27.0. The Hall–Kier alpha value is -1.88. The monoisotopic (exact) mass is 302 g/mol. The second-order valence-electron chi connectivity index (χ2n) is 6.25. The van der Waals surface area contributed by atoms with E-state index in [9.17, 15) is 9.59 Å². The lowest BCUT2D eigenvalue weighted by Crippen LogP contribution is -2.29. The number of hydrogen-bond donors (Lipinski definition) is 1. The Morgan fingerprint density at radius 3 is 2.41 bits per heavy atom. The van der Waals surface area contributed by atoms with Crippen molar-refractivity contribution in [2.24, 2.45) is 5.92 Å². The number of hydrogen-bond acceptors (Lipinski definition) is 3. The van der Waals surface area contributed by atoms with Gasteiger partial charge < -0.3 is 10.0 Å². The largest absolute Gasteiger partial charge is 0.481 e. The lowest BCUT2D eigenvalue weighted by molar-refractivity contribution is -0.141. The maximum atomic E-state index is 11.9. The van der Waals surface area contributed by atoms with Crippen LogP contribution in [0, 0.1) is 5.92 Å². The minimum atomic E-state index is -0.891. The molecule has 0 spiro atoms. The predicted octanol–water partition coefficient (Wildman–Crippen LogP) is 2.11. The van der Waals surface area contributed by atoms with Gasteiger partial charge in [0.05, 0.1) is 5.92 Å². The van der Waals surface area contributed by atoms with Gasteiger partial charge in [0.2, 0.25) is 5.91 Å². The first-order valence-electron chi connectivity index (χ1n) is 7.98. The van der Waals surface area contributed by atoms with Gasteiger partial charge in [0, 0.05) is 25.2 Å². The van der Waals surface area contributed by atoms with Crippen molar-refractivity contribution < 1.29 is 14.7 Å². The number of benzene rings is 1. The van der Waals surface area contributed by atoms with Crippen molar-refractivity contribution in [2.75, 3.05) is 24.5 Å². The molecule has 22 heavy (non-hydrogen) atoms. The Balaban J connectivity index is 1.64. The van der Waals surface area contributed by atoms with E-state index in [0.717, 1.165) is 25.3 Å². The van der Waals surface area contributed by atoms with Crippen LogP contribution >= 0.6 is 0 Å². The average Bonchev–Trinajstić information content (AvgIpc) is 2.91. The molecule has 1 N–H and O–H groups in total. The summed E-state index contributed by atoms with van der Waals surface area (Å²) in [5, 5.41) is 9.04. The Kier molecular flexibility index (Phi) is 4.43. The van der Waals surface area contributed by atoms with Gasteiger partial charge >= 0.3 is 5.97 Å². The molecule has 2 aliphatic rings. The van der Waals surface area contributed by atoms with Crippen molar-refractivity contribution in [1.82, 2.24) is 4.90 Å². The van der Waals surface area contributed by atoms with E-state index in [4.69, 9.17) is 5.11 Å². The summed E-state index contributed by atoms with van der Waals surface area (Å²) in [6.45, 7) is 3.55. The Morgan fingerprint density at radius 1 is 1.14 bits per heavy atom. The number of rotatable bonds is 4. The van der Waals surface area contributed by atoms with Crippen molar-refractivity contribution in [1.29, 1.82) is 0 Å². The number of likely N-dealkylation sites (tertiary alicyclic amines) is 1. The molecule has 2 saturated heterocycles. The molecule has 0 aromatic heterocycles. The first-order chi connectivity index (χ1) is 10.6. The molecule has 1 atom stereocenters. The van der Waals surface area contributed by atoms with Crippen molar-refractivity contribution in [3.63, 3.8) is 0 Å². The summed E-state index contributed by atoms with van der Waals surface area (Å²) < 4.78 is 0. The third-order valence-corrected chi connectivity index (χ3v) is 4.58. The normalized spacial score (nSPS) is 23.0. The lowest BCUT2D eigenvalue weighted by atomic mass is 10.1. The van der Waals surface area contributed by atoms with Crippen LogP contribution in [0.5, 0.6) is 0 Å². The second kappa shape index (κ2) is 6.48. The second-order valence-corrected chi connectivity index (χ2v) is 6.25. The first kappa shape index (κ1) is 15.0. The minimum absolute atomic E-state index is 0.101. The number of aliphatic carboxylic acids is 1. The molecule has 2 heterocycles. The van der Waals surface area contributed by atoms with Crippen LogP contribution in [0.3, 0.4) is 0 Å². The van der Waals surface area contributed by atoms with Crippen LogP contribution in [0.4, 0.5) is 5.69 Å². The maximum absolute atomic E-state index is 11.9. The highest BCUT2D eigenvalue weighted by Crippen LogP contribution is 2.26. The van der Waals surface area contributed by atoms with Crippen LogP contribution in [-0.2, 0) is 16.1 Å². The molecule has 2 fully saturated rings. The average molecular weight is 302 g/mol.